The highest BCUT2D eigenvalue weighted by Crippen LogP contribution is 2.37. The third-order valence-electron chi connectivity index (χ3n) is 3.55. The lowest BCUT2D eigenvalue weighted by molar-refractivity contribution is -0.126. The minimum absolute atomic E-state index is 0.174. The van der Waals surface area contributed by atoms with Gasteiger partial charge in [0.1, 0.15) is 5.00 Å². The fraction of sp³-hybridized carbons (Fsp3) is 0.533. The normalized spacial score (nSPS) is 14.1. The van der Waals surface area contributed by atoms with Crippen LogP contribution in [0.4, 0.5) is 5.00 Å². The van der Waals surface area contributed by atoms with Crippen LogP contribution in [0, 0.1) is 5.41 Å². The molecule has 7 heteroatoms. The van der Waals surface area contributed by atoms with Crippen molar-refractivity contribution in [1.82, 2.24) is 5.32 Å². The summed E-state index contributed by atoms with van der Waals surface area (Å²) in [5.74, 6) is -0.626. The van der Waals surface area contributed by atoms with Crippen LogP contribution in [0.2, 0.25) is 0 Å². The van der Waals surface area contributed by atoms with Gasteiger partial charge in [0.25, 0.3) is 5.91 Å². The van der Waals surface area contributed by atoms with Gasteiger partial charge in [0.05, 0.1) is 5.56 Å². The van der Waals surface area contributed by atoms with E-state index in [2.05, 4.69) is 10.6 Å². The van der Waals surface area contributed by atoms with Gasteiger partial charge >= 0.3 is 0 Å². The molecule has 0 atom stereocenters. The van der Waals surface area contributed by atoms with E-state index < -0.39 is 11.3 Å². The number of rotatable bonds is 2. The number of carbonyl (C=O) groups excluding carboxylic acids is 2. The summed E-state index contributed by atoms with van der Waals surface area (Å²) in [6.45, 7) is 5.43. The van der Waals surface area contributed by atoms with Crippen LogP contribution < -0.4 is 16.4 Å². The molecule has 4 N–H and O–H groups in total. The lowest BCUT2D eigenvalue weighted by Gasteiger charge is -2.18. The first-order chi connectivity index (χ1) is 10.2. The lowest BCUT2D eigenvalue weighted by atomic mass is 9.95. The first kappa shape index (κ1) is 16.9. The maximum atomic E-state index is 12.0. The third-order valence-corrected chi connectivity index (χ3v) is 4.96. The highest BCUT2D eigenvalue weighted by atomic mass is 32.1. The van der Waals surface area contributed by atoms with E-state index in [9.17, 15) is 9.59 Å². The number of thiocarbonyl (C=S) groups is 1. The van der Waals surface area contributed by atoms with Gasteiger partial charge in [-0.1, -0.05) is 20.8 Å². The van der Waals surface area contributed by atoms with Gasteiger partial charge in [-0.05, 0) is 43.5 Å². The van der Waals surface area contributed by atoms with Gasteiger partial charge in [0.2, 0.25) is 5.91 Å². The van der Waals surface area contributed by atoms with Gasteiger partial charge in [-0.3, -0.25) is 9.59 Å². The first-order valence-electron chi connectivity index (χ1n) is 7.27. The number of thiophene rings is 1. The van der Waals surface area contributed by atoms with E-state index in [1.807, 2.05) is 20.8 Å². The minimum Gasteiger partial charge on any atom is -0.365 e. The van der Waals surface area contributed by atoms with Crippen LogP contribution in [0.15, 0.2) is 0 Å². The maximum absolute atomic E-state index is 12.0. The number of carbonyl (C=O) groups is 2. The van der Waals surface area contributed by atoms with E-state index in [0.717, 1.165) is 31.2 Å². The monoisotopic (exact) mass is 339 g/mol. The Bertz CT molecular complexity index is 629. The van der Waals surface area contributed by atoms with Crippen molar-refractivity contribution in [3.8, 4) is 0 Å². The van der Waals surface area contributed by atoms with Gasteiger partial charge in [0, 0.05) is 10.3 Å². The fourth-order valence-electron chi connectivity index (χ4n) is 2.34. The molecule has 0 unspecified atom stereocenters. The summed E-state index contributed by atoms with van der Waals surface area (Å²) >= 11 is 6.68. The van der Waals surface area contributed by atoms with E-state index >= 15 is 0 Å². The van der Waals surface area contributed by atoms with E-state index in [1.54, 1.807) is 0 Å². The second kappa shape index (κ2) is 6.34. The average molecular weight is 339 g/mol. The van der Waals surface area contributed by atoms with Crippen molar-refractivity contribution in [3.63, 3.8) is 0 Å². The molecule has 1 aromatic rings. The van der Waals surface area contributed by atoms with E-state index in [-0.39, 0.29) is 11.0 Å². The quantitative estimate of drug-likeness (QED) is 0.723. The molecule has 120 valence electrons. The van der Waals surface area contributed by atoms with Crippen molar-refractivity contribution in [3.05, 3.63) is 16.0 Å². The topological polar surface area (TPSA) is 84.2 Å². The summed E-state index contributed by atoms with van der Waals surface area (Å²) in [5.41, 5.74) is 6.55. The number of hydrogen-bond donors (Lipinski definition) is 3. The Morgan fingerprint density at radius 1 is 1.23 bits per heavy atom. The van der Waals surface area contributed by atoms with Crippen LogP contribution in [-0.4, -0.2) is 16.9 Å². The molecule has 0 saturated carbocycles. The third kappa shape index (κ3) is 3.64. The number of hydrogen-bond acceptors (Lipinski definition) is 4. The van der Waals surface area contributed by atoms with Gasteiger partial charge in [0.15, 0.2) is 5.11 Å². The molecule has 0 aliphatic heterocycles. The largest absolute Gasteiger partial charge is 0.365 e. The molecule has 1 aromatic heterocycles. The maximum Gasteiger partial charge on any atom is 0.251 e. The summed E-state index contributed by atoms with van der Waals surface area (Å²) in [7, 11) is 0. The van der Waals surface area contributed by atoms with Gasteiger partial charge in [-0.15, -0.1) is 11.3 Å². The summed E-state index contributed by atoms with van der Waals surface area (Å²) in [6.07, 6.45) is 4.01. The number of fused-ring (bicyclic) bond motifs is 1. The van der Waals surface area contributed by atoms with Crippen LogP contribution in [-0.2, 0) is 17.6 Å². The van der Waals surface area contributed by atoms with Crippen LogP contribution >= 0.6 is 23.6 Å². The Morgan fingerprint density at radius 2 is 1.86 bits per heavy atom. The Kier molecular flexibility index (Phi) is 4.87. The minimum atomic E-state index is -0.535. The summed E-state index contributed by atoms with van der Waals surface area (Å²) in [4.78, 5) is 24.9. The molecule has 22 heavy (non-hydrogen) atoms. The summed E-state index contributed by atoms with van der Waals surface area (Å²) < 4.78 is 0. The zero-order valence-corrected chi connectivity index (χ0v) is 14.7. The fourth-order valence-corrected chi connectivity index (χ4v) is 3.90. The van der Waals surface area contributed by atoms with Gasteiger partial charge in [-0.25, -0.2) is 0 Å². The van der Waals surface area contributed by atoms with E-state index in [1.165, 1.54) is 16.2 Å². The first-order valence-corrected chi connectivity index (χ1v) is 8.49. The Hall–Kier alpha value is -1.47. The van der Waals surface area contributed by atoms with Crippen molar-refractivity contribution in [2.24, 2.45) is 11.1 Å². The van der Waals surface area contributed by atoms with Crippen molar-refractivity contribution in [2.45, 2.75) is 46.5 Å². The molecule has 0 spiro atoms. The van der Waals surface area contributed by atoms with Crippen molar-refractivity contribution >= 4 is 45.5 Å². The molecule has 0 fully saturated rings. The molecule has 2 rings (SSSR count). The van der Waals surface area contributed by atoms with E-state index in [0.29, 0.717) is 10.6 Å². The van der Waals surface area contributed by atoms with Gasteiger partial charge < -0.3 is 16.4 Å². The molecule has 5 nitrogen and oxygen atoms in total. The second-order valence-corrected chi connectivity index (χ2v) is 7.95. The summed E-state index contributed by atoms with van der Waals surface area (Å²) in [5, 5.41) is 6.45. The van der Waals surface area contributed by atoms with Crippen LogP contribution in [0.25, 0.3) is 0 Å². The van der Waals surface area contributed by atoms with Gasteiger partial charge in [-0.2, -0.15) is 0 Å². The number of nitrogens with two attached hydrogens (primary N) is 1. The number of anilines is 1. The predicted octanol–water partition coefficient (Wildman–Crippen LogP) is 2.58. The van der Waals surface area contributed by atoms with Crippen molar-refractivity contribution in [1.29, 1.82) is 0 Å². The lowest BCUT2D eigenvalue weighted by Crippen LogP contribution is -2.41. The molecule has 2 amide bonds. The number of amides is 2. The SMILES string of the molecule is CC(C)(C)C(=O)NC(=S)Nc1sc2c(c1C(N)=O)CCCC2. The number of primary amides is 1. The molecule has 0 bridgehead atoms. The average Bonchev–Trinajstić information content (AvgIpc) is 2.74. The van der Waals surface area contributed by atoms with Crippen molar-refractivity contribution in [2.75, 3.05) is 5.32 Å². The van der Waals surface area contributed by atoms with Crippen LogP contribution in [0.5, 0.6) is 0 Å². The Morgan fingerprint density at radius 3 is 2.45 bits per heavy atom. The van der Waals surface area contributed by atoms with Crippen molar-refractivity contribution < 1.29 is 9.59 Å². The molecular formula is C15H21N3O2S2. The zero-order chi connectivity index (χ0) is 16.5. The molecule has 0 saturated heterocycles. The Balaban J connectivity index is 2.19. The molecule has 1 aliphatic rings. The summed E-state index contributed by atoms with van der Waals surface area (Å²) in [6, 6.07) is 0. The Labute approximate surface area is 139 Å². The molecular weight excluding hydrogens is 318 g/mol. The number of nitrogens with one attached hydrogen (secondary N) is 2. The standard InChI is InChI=1S/C15H21N3O2S2/c1-15(2,3)13(20)18-14(21)17-12-10(11(16)19)8-6-4-5-7-9(8)22-12/h4-7H2,1-3H3,(H2,16,19)(H2,17,18,20,21). The van der Waals surface area contributed by atoms with Crippen LogP contribution in [0.1, 0.15) is 54.4 Å². The molecule has 0 radical (unpaired) electrons. The molecule has 0 aromatic carbocycles. The molecule has 1 aliphatic carbocycles. The second-order valence-electron chi connectivity index (χ2n) is 6.44. The molecule has 1 heterocycles. The highest BCUT2D eigenvalue weighted by Gasteiger charge is 2.26. The number of aryl methyl sites for hydroxylation is 1. The smallest absolute Gasteiger partial charge is 0.251 e. The highest BCUT2D eigenvalue weighted by molar-refractivity contribution is 7.80. The van der Waals surface area contributed by atoms with Crippen LogP contribution in [0.3, 0.4) is 0 Å². The zero-order valence-electron chi connectivity index (χ0n) is 13.0. The predicted molar refractivity (Wildman–Crippen MR) is 93.3 cm³/mol. The van der Waals surface area contributed by atoms with E-state index in [4.69, 9.17) is 18.0 Å².